The summed E-state index contributed by atoms with van der Waals surface area (Å²) in [5.74, 6) is -0.259. The van der Waals surface area contributed by atoms with Crippen molar-refractivity contribution in [3.8, 4) is 0 Å². The van der Waals surface area contributed by atoms with Crippen molar-refractivity contribution in [3.05, 3.63) is 48.6 Å². The highest BCUT2D eigenvalue weighted by atomic mass is 16.7. The fourth-order valence-corrected chi connectivity index (χ4v) is 8.26. The molecule has 11 nitrogen and oxygen atoms in total. The average Bonchev–Trinajstić information content (AvgIpc) is 3.32. The summed E-state index contributed by atoms with van der Waals surface area (Å²) in [6.07, 6.45) is 46.2. The Labute approximate surface area is 408 Å². The summed E-state index contributed by atoms with van der Waals surface area (Å²) in [6, 6.07) is -0.844. The molecule has 0 saturated carbocycles. The number of allylic oxidation sites excluding steroid dienone is 7. The summed E-state index contributed by atoms with van der Waals surface area (Å²) in [7, 11) is 0. The van der Waals surface area contributed by atoms with Crippen molar-refractivity contribution in [1.82, 2.24) is 5.32 Å². The van der Waals surface area contributed by atoms with Crippen LogP contribution in [0.2, 0.25) is 0 Å². The number of unbranched alkanes of at least 4 members (excludes halogenated alkanes) is 27. The largest absolute Gasteiger partial charge is 0.466 e. The molecule has 1 aliphatic rings. The van der Waals surface area contributed by atoms with Crippen LogP contribution in [0.3, 0.4) is 0 Å². The van der Waals surface area contributed by atoms with Gasteiger partial charge in [0.1, 0.15) is 24.4 Å². The minimum absolute atomic E-state index is 0.0428. The quantitative estimate of drug-likeness (QED) is 0.0149. The van der Waals surface area contributed by atoms with Gasteiger partial charge < -0.3 is 45.1 Å². The van der Waals surface area contributed by atoms with Gasteiger partial charge in [0.05, 0.1) is 32.0 Å². The standard InChI is InChI=1S/C56H101NO10/c1-3-5-7-9-11-13-15-19-23-26-30-34-38-42-49(59)48(47-66-56-55(64)54(63)53(62)50(46-58)67-56)57-51(60)43-39-35-31-27-24-20-17-16-18-21-25-29-33-37-41-45-65-52(61)44-40-36-32-28-22-14-12-10-8-6-4-2/h16,18,21,23,25-26,38,42,48-50,53-56,58-59,62-64H,3-15,17,19-20,22,24,27-37,39-41,43-47H2,1-2H3,(H,57,60)/b18-16-,25-21-,26-23+,42-38+. The molecule has 1 rings (SSSR count). The molecular formula is C56H101NO10. The van der Waals surface area contributed by atoms with Crippen LogP contribution in [0.15, 0.2) is 48.6 Å². The predicted molar refractivity (Wildman–Crippen MR) is 274 cm³/mol. The Kier molecular flexibility index (Phi) is 43.0. The lowest BCUT2D eigenvalue weighted by Crippen LogP contribution is -2.60. The van der Waals surface area contributed by atoms with Crippen LogP contribution in [0.25, 0.3) is 0 Å². The monoisotopic (exact) mass is 948 g/mol. The van der Waals surface area contributed by atoms with Gasteiger partial charge in [0, 0.05) is 12.8 Å². The lowest BCUT2D eigenvalue weighted by atomic mass is 9.99. The summed E-state index contributed by atoms with van der Waals surface area (Å²) >= 11 is 0. The minimum Gasteiger partial charge on any atom is -0.466 e. The second-order valence-electron chi connectivity index (χ2n) is 19.0. The Morgan fingerprint density at radius 1 is 0.552 bits per heavy atom. The van der Waals surface area contributed by atoms with Crippen LogP contribution in [0.4, 0.5) is 0 Å². The number of amides is 1. The first kappa shape index (κ1) is 62.6. The molecule has 0 radical (unpaired) electrons. The third kappa shape index (κ3) is 36.3. The number of hydrogen-bond acceptors (Lipinski definition) is 10. The highest BCUT2D eigenvalue weighted by molar-refractivity contribution is 5.76. The van der Waals surface area contributed by atoms with Crippen LogP contribution in [0.1, 0.15) is 232 Å². The van der Waals surface area contributed by atoms with Crippen molar-refractivity contribution in [3.63, 3.8) is 0 Å². The maximum atomic E-state index is 13.0. The maximum absolute atomic E-state index is 13.0. The van der Waals surface area contributed by atoms with E-state index in [4.69, 9.17) is 14.2 Å². The summed E-state index contributed by atoms with van der Waals surface area (Å²) in [4.78, 5) is 25.0. The maximum Gasteiger partial charge on any atom is 0.305 e. The average molecular weight is 948 g/mol. The lowest BCUT2D eigenvalue weighted by Gasteiger charge is -2.40. The Hall–Kier alpha value is -2.38. The Morgan fingerprint density at radius 2 is 1.01 bits per heavy atom. The molecule has 1 heterocycles. The van der Waals surface area contributed by atoms with E-state index in [1.54, 1.807) is 6.08 Å². The molecule has 0 aliphatic carbocycles. The number of hydrogen-bond donors (Lipinski definition) is 6. The fourth-order valence-electron chi connectivity index (χ4n) is 8.26. The van der Waals surface area contributed by atoms with Gasteiger partial charge in [0.25, 0.3) is 0 Å². The molecule has 0 aromatic heterocycles. The zero-order valence-corrected chi connectivity index (χ0v) is 42.6. The molecule has 7 atom stereocenters. The first-order chi connectivity index (χ1) is 32.7. The van der Waals surface area contributed by atoms with Crippen molar-refractivity contribution in [2.24, 2.45) is 0 Å². The zero-order chi connectivity index (χ0) is 48.8. The first-order valence-corrected chi connectivity index (χ1v) is 27.4. The molecule has 1 amide bonds. The molecule has 6 N–H and O–H groups in total. The SMILES string of the molecule is CCCCCCCCC/C=C/CC/C=C/C(O)C(COC1OC(CO)C(O)C(O)C1O)NC(=O)CCCCCCCC/C=C\C=C/CCCCCOC(=O)CCCCCCCCCCCCC. The zero-order valence-electron chi connectivity index (χ0n) is 42.6. The van der Waals surface area contributed by atoms with Crippen LogP contribution in [0.5, 0.6) is 0 Å². The molecule has 1 fully saturated rings. The molecule has 1 aliphatic heterocycles. The van der Waals surface area contributed by atoms with E-state index < -0.39 is 49.5 Å². The van der Waals surface area contributed by atoms with Gasteiger partial charge in [-0.25, -0.2) is 0 Å². The van der Waals surface area contributed by atoms with E-state index in [0.29, 0.717) is 19.4 Å². The molecule has 67 heavy (non-hydrogen) atoms. The van der Waals surface area contributed by atoms with E-state index in [0.717, 1.165) is 103 Å². The van der Waals surface area contributed by atoms with Crippen LogP contribution in [-0.4, -0.2) is 100 Å². The third-order valence-electron chi connectivity index (χ3n) is 12.7. The number of nitrogens with one attached hydrogen (secondary N) is 1. The van der Waals surface area contributed by atoms with Crippen LogP contribution in [-0.2, 0) is 23.8 Å². The summed E-state index contributed by atoms with van der Waals surface area (Å²) in [5.41, 5.74) is 0. The molecule has 0 spiro atoms. The van der Waals surface area contributed by atoms with Gasteiger partial charge in [0.15, 0.2) is 6.29 Å². The second-order valence-corrected chi connectivity index (χ2v) is 19.0. The van der Waals surface area contributed by atoms with Gasteiger partial charge in [-0.05, 0) is 77.0 Å². The highest BCUT2D eigenvalue weighted by Crippen LogP contribution is 2.23. The van der Waals surface area contributed by atoms with Crippen molar-refractivity contribution < 1.29 is 49.3 Å². The van der Waals surface area contributed by atoms with Crippen LogP contribution >= 0.6 is 0 Å². The predicted octanol–water partition coefficient (Wildman–Crippen LogP) is 11.7. The van der Waals surface area contributed by atoms with Gasteiger partial charge in [-0.1, -0.05) is 191 Å². The van der Waals surface area contributed by atoms with E-state index in [1.165, 1.54) is 103 Å². The molecular weight excluding hydrogens is 847 g/mol. The number of aliphatic hydroxyl groups is 5. The molecule has 0 bridgehead atoms. The summed E-state index contributed by atoms with van der Waals surface area (Å²) < 4.78 is 16.6. The molecule has 0 aromatic carbocycles. The second kappa shape index (κ2) is 46.0. The number of ether oxygens (including phenoxy) is 3. The summed E-state index contributed by atoms with van der Waals surface area (Å²) in [6.45, 7) is 4.23. The molecule has 1 saturated heterocycles. The number of carbonyl (C=O) groups excluding carboxylic acids is 2. The third-order valence-corrected chi connectivity index (χ3v) is 12.7. The van der Waals surface area contributed by atoms with Gasteiger partial charge in [0.2, 0.25) is 5.91 Å². The number of rotatable bonds is 46. The van der Waals surface area contributed by atoms with Gasteiger partial charge in [-0.2, -0.15) is 0 Å². The fraction of sp³-hybridized carbons (Fsp3) is 0.821. The van der Waals surface area contributed by atoms with Crippen molar-refractivity contribution in [2.45, 2.75) is 275 Å². The van der Waals surface area contributed by atoms with Gasteiger partial charge in [-0.15, -0.1) is 0 Å². The lowest BCUT2D eigenvalue weighted by molar-refractivity contribution is -0.302. The molecule has 390 valence electrons. The number of esters is 1. The van der Waals surface area contributed by atoms with Crippen molar-refractivity contribution in [2.75, 3.05) is 19.8 Å². The van der Waals surface area contributed by atoms with Gasteiger partial charge in [-0.3, -0.25) is 9.59 Å². The Morgan fingerprint density at radius 3 is 1.57 bits per heavy atom. The molecule has 11 heteroatoms. The van der Waals surface area contributed by atoms with Crippen molar-refractivity contribution in [1.29, 1.82) is 0 Å². The highest BCUT2D eigenvalue weighted by Gasteiger charge is 2.44. The Bertz CT molecular complexity index is 1250. The molecule has 7 unspecified atom stereocenters. The topological polar surface area (TPSA) is 175 Å². The molecule has 0 aromatic rings. The Balaban J connectivity index is 2.22. The van der Waals surface area contributed by atoms with Crippen molar-refractivity contribution >= 4 is 11.9 Å². The van der Waals surface area contributed by atoms with Crippen LogP contribution in [0, 0.1) is 0 Å². The van der Waals surface area contributed by atoms with Crippen LogP contribution < -0.4 is 5.32 Å². The number of aliphatic hydroxyl groups excluding tert-OH is 5. The normalized spacial score (nSPS) is 19.9. The van der Waals surface area contributed by atoms with E-state index >= 15 is 0 Å². The van der Waals surface area contributed by atoms with E-state index in [9.17, 15) is 35.1 Å². The van der Waals surface area contributed by atoms with E-state index in [2.05, 4.69) is 55.6 Å². The summed E-state index contributed by atoms with van der Waals surface area (Å²) in [5, 5.41) is 54.2. The first-order valence-electron chi connectivity index (χ1n) is 27.4. The van der Waals surface area contributed by atoms with E-state index in [-0.39, 0.29) is 18.5 Å². The smallest absolute Gasteiger partial charge is 0.305 e. The number of carbonyl (C=O) groups is 2. The van der Waals surface area contributed by atoms with Gasteiger partial charge >= 0.3 is 5.97 Å². The van der Waals surface area contributed by atoms with E-state index in [1.807, 2.05) is 6.08 Å². The minimum atomic E-state index is -1.59.